The van der Waals surface area contributed by atoms with Crippen molar-refractivity contribution in [3.63, 3.8) is 0 Å². The summed E-state index contributed by atoms with van der Waals surface area (Å²) in [5, 5.41) is 9.37. The van der Waals surface area contributed by atoms with Crippen LogP contribution in [0.25, 0.3) is 10.9 Å². The number of rotatable bonds is 2. The van der Waals surface area contributed by atoms with Crippen molar-refractivity contribution in [1.82, 2.24) is 4.98 Å². The summed E-state index contributed by atoms with van der Waals surface area (Å²) in [5.74, 6) is -1.19. The zero-order valence-corrected chi connectivity index (χ0v) is 11.7. The number of pyridine rings is 1. The zero-order chi connectivity index (χ0) is 15.9. The first-order valence-electron chi connectivity index (χ1n) is 7.12. The molecule has 1 aliphatic carbocycles. The third-order valence-corrected chi connectivity index (χ3v) is 4.17. The first-order chi connectivity index (χ1) is 10.4. The lowest BCUT2D eigenvalue weighted by molar-refractivity contribution is -0.136. The minimum atomic E-state index is -4.56. The fraction of sp³-hybridized carbons (Fsp3) is 0.375. The summed E-state index contributed by atoms with van der Waals surface area (Å²) in [6, 6.07) is 4.97. The van der Waals surface area contributed by atoms with Crippen LogP contribution in [-0.4, -0.2) is 16.1 Å². The minimum Gasteiger partial charge on any atom is -0.478 e. The standard InChI is InChI=1S/C16H14F3NO2/c17-16(18,19)12-7-3-6-10-11(15(21)22)8-13(20-14(10)12)9-4-1-2-5-9/h3,6-9H,1-2,4-5H2,(H,21,22). The Balaban J connectivity index is 2.30. The van der Waals surface area contributed by atoms with Crippen molar-refractivity contribution in [2.24, 2.45) is 0 Å². The van der Waals surface area contributed by atoms with E-state index in [-0.39, 0.29) is 22.4 Å². The minimum absolute atomic E-state index is 0.0315. The van der Waals surface area contributed by atoms with Gasteiger partial charge >= 0.3 is 12.1 Å². The Kier molecular flexibility index (Phi) is 3.54. The van der Waals surface area contributed by atoms with Gasteiger partial charge in [-0.2, -0.15) is 13.2 Å². The largest absolute Gasteiger partial charge is 0.478 e. The van der Waals surface area contributed by atoms with Crippen molar-refractivity contribution in [3.8, 4) is 0 Å². The Morgan fingerprint density at radius 3 is 2.50 bits per heavy atom. The first kappa shape index (κ1) is 14.8. The van der Waals surface area contributed by atoms with Crippen LogP contribution in [-0.2, 0) is 6.18 Å². The van der Waals surface area contributed by atoms with Crippen LogP contribution < -0.4 is 0 Å². The number of halogens is 3. The number of carbonyl (C=O) groups is 1. The van der Waals surface area contributed by atoms with Gasteiger partial charge in [-0.3, -0.25) is 4.98 Å². The lowest BCUT2D eigenvalue weighted by Gasteiger charge is -2.15. The van der Waals surface area contributed by atoms with Crippen LogP contribution in [0.5, 0.6) is 0 Å². The van der Waals surface area contributed by atoms with E-state index in [9.17, 15) is 23.1 Å². The number of carboxylic acids is 1. The molecule has 1 heterocycles. The van der Waals surface area contributed by atoms with E-state index >= 15 is 0 Å². The molecular formula is C16H14F3NO2. The lowest BCUT2D eigenvalue weighted by atomic mass is 9.97. The summed E-state index contributed by atoms with van der Waals surface area (Å²) in [6.07, 6.45) is -0.893. The van der Waals surface area contributed by atoms with Gasteiger partial charge in [-0.1, -0.05) is 25.0 Å². The molecule has 0 unspecified atom stereocenters. The number of nitrogens with zero attached hydrogens (tertiary/aromatic N) is 1. The Bertz CT molecular complexity index is 734. The van der Waals surface area contributed by atoms with E-state index in [1.54, 1.807) is 0 Å². The predicted octanol–water partition coefficient (Wildman–Crippen LogP) is 4.61. The number of carboxylic acid groups (broad SMARTS) is 1. The highest BCUT2D eigenvalue weighted by Gasteiger charge is 2.34. The van der Waals surface area contributed by atoms with Gasteiger partial charge in [0.1, 0.15) is 0 Å². The van der Waals surface area contributed by atoms with Gasteiger partial charge in [-0.25, -0.2) is 4.79 Å². The highest BCUT2D eigenvalue weighted by atomic mass is 19.4. The number of aromatic nitrogens is 1. The zero-order valence-electron chi connectivity index (χ0n) is 11.7. The molecule has 0 spiro atoms. The molecule has 22 heavy (non-hydrogen) atoms. The molecule has 6 heteroatoms. The Labute approximate surface area is 124 Å². The summed E-state index contributed by atoms with van der Waals surface area (Å²) in [5.41, 5.74) is -0.804. The van der Waals surface area contributed by atoms with Gasteiger partial charge in [0.2, 0.25) is 0 Å². The van der Waals surface area contributed by atoms with Crippen LogP contribution in [0.4, 0.5) is 13.2 Å². The average molecular weight is 309 g/mol. The van der Waals surface area contributed by atoms with Gasteiger partial charge in [0.15, 0.2) is 0 Å². The van der Waals surface area contributed by atoms with Gasteiger partial charge < -0.3 is 5.11 Å². The maximum absolute atomic E-state index is 13.2. The third-order valence-electron chi connectivity index (χ3n) is 4.17. The molecule has 0 amide bonds. The Hall–Kier alpha value is -2.11. The second kappa shape index (κ2) is 5.26. The fourth-order valence-corrected chi connectivity index (χ4v) is 3.10. The molecule has 1 saturated carbocycles. The number of benzene rings is 1. The molecule has 0 aliphatic heterocycles. The smallest absolute Gasteiger partial charge is 0.418 e. The maximum Gasteiger partial charge on any atom is 0.418 e. The van der Waals surface area contributed by atoms with E-state index in [2.05, 4.69) is 4.98 Å². The number of hydrogen-bond acceptors (Lipinski definition) is 2. The van der Waals surface area contributed by atoms with E-state index in [0.29, 0.717) is 5.69 Å². The van der Waals surface area contributed by atoms with Crippen molar-refractivity contribution in [3.05, 3.63) is 41.1 Å². The molecule has 1 N–H and O–H groups in total. The van der Waals surface area contributed by atoms with E-state index in [4.69, 9.17) is 0 Å². The number of fused-ring (bicyclic) bond motifs is 1. The number of para-hydroxylation sites is 1. The first-order valence-corrected chi connectivity index (χ1v) is 7.12. The second-order valence-electron chi connectivity index (χ2n) is 5.58. The van der Waals surface area contributed by atoms with Crippen molar-refractivity contribution in [1.29, 1.82) is 0 Å². The van der Waals surface area contributed by atoms with Crippen molar-refractivity contribution >= 4 is 16.9 Å². The summed E-state index contributed by atoms with van der Waals surface area (Å²) >= 11 is 0. The van der Waals surface area contributed by atoms with Crippen molar-refractivity contribution < 1.29 is 23.1 Å². The quantitative estimate of drug-likeness (QED) is 0.881. The molecule has 0 bridgehead atoms. The van der Waals surface area contributed by atoms with Crippen LogP contribution in [0.2, 0.25) is 0 Å². The molecule has 0 atom stereocenters. The van der Waals surface area contributed by atoms with Crippen molar-refractivity contribution in [2.75, 3.05) is 0 Å². The van der Waals surface area contributed by atoms with Crippen molar-refractivity contribution in [2.45, 2.75) is 37.8 Å². The topological polar surface area (TPSA) is 50.2 Å². The summed E-state index contributed by atoms with van der Waals surface area (Å²) < 4.78 is 39.5. The summed E-state index contributed by atoms with van der Waals surface area (Å²) in [7, 11) is 0. The Morgan fingerprint density at radius 1 is 1.23 bits per heavy atom. The molecule has 1 fully saturated rings. The number of alkyl halides is 3. The highest BCUT2D eigenvalue weighted by Crippen LogP contribution is 2.38. The maximum atomic E-state index is 13.2. The normalized spacial score (nSPS) is 16.3. The van der Waals surface area contributed by atoms with Crippen LogP contribution >= 0.6 is 0 Å². The van der Waals surface area contributed by atoms with Crippen LogP contribution in [0.1, 0.15) is 53.2 Å². The van der Waals surface area contributed by atoms with E-state index in [0.717, 1.165) is 31.7 Å². The van der Waals surface area contributed by atoms with Crippen LogP contribution in [0.3, 0.4) is 0 Å². The summed E-state index contributed by atoms with van der Waals surface area (Å²) in [4.78, 5) is 15.6. The molecule has 2 aromatic rings. The molecule has 0 saturated heterocycles. The molecule has 0 radical (unpaired) electrons. The van der Waals surface area contributed by atoms with Gasteiger partial charge in [0, 0.05) is 17.0 Å². The second-order valence-corrected chi connectivity index (χ2v) is 5.58. The highest BCUT2D eigenvalue weighted by molar-refractivity contribution is 6.03. The Morgan fingerprint density at radius 2 is 1.91 bits per heavy atom. The van der Waals surface area contributed by atoms with Gasteiger partial charge in [0.05, 0.1) is 16.6 Å². The fourth-order valence-electron chi connectivity index (χ4n) is 3.10. The average Bonchev–Trinajstić information content (AvgIpc) is 2.98. The lowest BCUT2D eigenvalue weighted by Crippen LogP contribution is -2.10. The van der Waals surface area contributed by atoms with Gasteiger partial charge in [0.25, 0.3) is 0 Å². The van der Waals surface area contributed by atoms with Crippen LogP contribution in [0.15, 0.2) is 24.3 Å². The van der Waals surface area contributed by atoms with Gasteiger partial charge in [-0.15, -0.1) is 0 Å². The summed E-state index contributed by atoms with van der Waals surface area (Å²) in [6.45, 7) is 0. The third kappa shape index (κ3) is 2.53. The molecule has 3 nitrogen and oxygen atoms in total. The monoisotopic (exact) mass is 309 g/mol. The van der Waals surface area contributed by atoms with E-state index in [1.165, 1.54) is 18.2 Å². The molecule has 116 valence electrons. The predicted molar refractivity (Wildman–Crippen MR) is 74.9 cm³/mol. The number of aromatic carboxylic acids is 1. The molecular weight excluding hydrogens is 295 g/mol. The van der Waals surface area contributed by atoms with Gasteiger partial charge in [-0.05, 0) is 25.0 Å². The van der Waals surface area contributed by atoms with E-state index < -0.39 is 17.7 Å². The molecule has 1 aliphatic rings. The SMILES string of the molecule is O=C(O)c1cc(C2CCCC2)nc2c(C(F)(F)F)cccc12. The van der Waals surface area contributed by atoms with E-state index in [1.807, 2.05) is 0 Å². The number of hydrogen-bond donors (Lipinski definition) is 1. The molecule has 3 rings (SSSR count). The van der Waals surface area contributed by atoms with Crippen LogP contribution in [0, 0.1) is 0 Å². The molecule has 1 aromatic heterocycles. The molecule has 1 aromatic carbocycles.